The van der Waals surface area contributed by atoms with Crippen molar-refractivity contribution in [2.45, 2.75) is 52.4 Å². The molecule has 1 heteroatoms. The average molecular weight is 182 g/mol. The molecule has 0 saturated heterocycles. The molecule has 1 heterocycles. The molecule has 0 aliphatic carbocycles. The largest absolute Gasteiger partial charge is 0.242 e. The van der Waals surface area contributed by atoms with Crippen LogP contribution in [-0.4, -0.2) is 24.4 Å². The zero-order chi connectivity index (χ0) is 9.73. The Kier molecular flexibility index (Phi) is 3.95. The summed E-state index contributed by atoms with van der Waals surface area (Å²) in [5.74, 6) is 0. The number of hydrogen-bond donors (Lipinski definition) is 0. The summed E-state index contributed by atoms with van der Waals surface area (Å²) in [6.07, 6.45) is 10.6. The minimum Gasteiger partial charge on any atom is -0.242 e. The number of hydrogen-bond acceptors (Lipinski definition) is 0. The minimum absolute atomic E-state index is 0.519. The van der Waals surface area contributed by atoms with Gasteiger partial charge < -0.3 is 0 Å². The highest BCUT2D eigenvalue weighted by atomic mass is 14.9. The smallest absolute Gasteiger partial charge is 0.142 e. The molecular weight excluding hydrogens is 158 g/mol. The molecule has 1 aliphatic heterocycles. The lowest BCUT2D eigenvalue weighted by Gasteiger charge is -2.22. The molecule has 0 amide bonds. The van der Waals surface area contributed by atoms with Crippen LogP contribution in [-0.2, 0) is 0 Å². The van der Waals surface area contributed by atoms with Crippen molar-refractivity contribution in [2.24, 2.45) is 5.41 Å². The highest BCUT2D eigenvalue weighted by Crippen LogP contribution is 2.27. The van der Waals surface area contributed by atoms with E-state index in [2.05, 4.69) is 31.7 Å². The summed E-state index contributed by atoms with van der Waals surface area (Å²) >= 11 is 0. The zero-order valence-electron chi connectivity index (χ0n) is 9.47. The lowest BCUT2D eigenvalue weighted by Crippen LogP contribution is -2.18. The Balaban J connectivity index is 2.53. The lowest BCUT2D eigenvalue weighted by molar-refractivity contribution is -0.494. The minimum atomic E-state index is 0.519. The molecule has 0 aromatic heterocycles. The van der Waals surface area contributed by atoms with Crippen LogP contribution in [0.5, 0.6) is 0 Å². The summed E-state index contributed by atoms with van der Waals surface area (Å²) in [5, 5.41) is 0. The van der Waals surface area contributed by atoms with E-state index in [1.807, 2.05) is 0 Å². The fourth-order valence-electron chi connectivity index (χ4n) is 1.91. The summed E-state index contributed by atoms with van der Waals surface area (Å²) in [6, 6.07) is 0. The Hall–Kier alpha value is -0.330. The summed E-state index contributed by atoms with van der Waals surface area (Å²) in [6.45, 7) is 6.02. The van der Waals surface area contributed by atoms with Crippen LogP contribution in [0.4, 0.5) is 0 Å². The van der Waals surface area contributed by atoms with Crippen molar-refractivity contribution in [1.82, 2.24) is 0 Å². The van der Waals surface area contributed by atoms with Crippen molar-refractivity contribution in [1.29, 1.82) is 0 Å². The molecule has 0 N–H and O–H groups in total. The maximum Gasteiger partial charge on any atom is 0.142 e. The van der Waals surface area contributed by atoms with Gasteiger partial charge in [0.05, 0.1) is 0 Å². The molecule has 0 aromatic carbocycles. The average Bonchev–Trinajstić information content (AvgIpc) is 2.07. The normalized spacial score (nSPS) is 29.0. The Labute approximate surface area is 82.9 Å². The third-order valence-corrected chi connectivity index (χ3v) is 3.07. The lowest BCUT2D eigenvalue weighted by atomic mass is 9.84. The van der Waals surface area contributed by atoms with Gasteiger partial charge in [0.25, 0.3) is 0 Å². The maximum atomic E-state index is 2.39. The van der Waals surface area contributed by atoms with Gasteiger partial charge in [0.2, 0.25) is 0 Å². The van der Waals surface area contributed by atoms with Gasteiger partial charge in [-0.2, -0.15) is 0 Å². The van der Waals surface area contributed by atoms with Crippen LogP contribution in [0.1, 0.15) is 52.4 Å². The second kappa shape index (κ2) is 4.78. The molecule has 0 radical (unpaired) electrons. The van der Waals surface area contributed by atoms with E-state index < -0.39 is 0 Å². The maximum absolute atomic E-state index is 2.39. The monoisotopic (exact) mass is 182 g/mol. The zero-order valence-corrected chi connectivity index (χ0v) is 9.47. The molecule has 1 rings (SSSR count). The molecule has 76 valence electrons. The molecule has 0 fully saturated rings. The highest BCUT2D eigenvalue weighted by Gasteiger charge is 2.18. The summed E-state index contributed by atoms with van der Waals surface area (Å²) in [4.78, 5) is 0. The van der Waals surface area contributed by atoms with Crippen molar-refractivity contribution in [3.05, 3.63) is 0 Å². The van der Waals surface area contributed by atoms with Crippen LogP contribution in [0.15, 0.2) is 0 Å². The first-order valence-electron chi connectivity index (χ1n) is 5.64. The summed E-state index contributed by atoms with van der Waals surface area (Å²) in [7, 11) is 2.21. The van der Waals surface area contributed by atoms with E-state index in [4.69, 9.17) is 0 Å². The van der Waals surface area contributed by atoms with Gasteiger partial charge in [-0.05, 0) is 18.3 Å². The van der Waals surface area contributed by atoms with Crippen LogP contribution in [0.3, 0.4) is 0 Å². The van der Waals surface area contributed by atoms with Gasteiger partial charge in [-0.25, -0.2) is 4.58 Å². The Bertz CT molecular complexity index is 180. The Morgan fingerprint density at radius 3 is 2.54 bits per heavy atom. The van der Waals surface area contributed by atoms with E-state index in [-0.39, 0.29) is 0 Å². The van der Waals surface area contributed by atoms with Gasteiger partial charge in [0.15, 0.2) is 0 Å². The molecular formula is C12H24N+. The fourth-order valence-corrected chi connectivity index (χ4v) is 1.91. The van der Waals surface area contributed by atoms with E-state index in [9.17, 15) is 0 Å². The van der Waals surface area contributed by atoms with Gasteiger partial charge in [0, 0.05) is 12.8 Å². The number of rotatable bonds is 0. The van der Waals surface area contributed by atoms with E-state index in [0.717, 1.165) is 0 Å². The standard InChI is InChI=1S/C12H24N/c1-12(2)8-6-4-5-7-10-13(3)11-9-12/h11H,4-10H2,1-3H3/q+1/b13-11-. The summed E-state index contributed by atoms with van der Waals surface area (Å²) in [5.41, 5.74) is 0.519. The van der Waals surface area contributed by atoms with Crippen LogP contribution in [0.25, 0.3) is 0 Å². The topological polar surface area (TPSA) is 3.01 Å². The second-order valence-corrected chi connectivity index (χ2v) is 5.20. The second-order valence-electron chi connectivity index (χ2n) is 5.20. The van der Waals surface area contributed by atoms with Gasteiger partial charge in [-0.1, -0.05) is 26.7 Å². The van der Waals surface area contributed by atoms with E-state index in [0.29, 0.717) is 5.41 Å². The van der Waals surface area contributed by atoms with Gasteiger partial charge in [-0.15, -0.1) is 0 Å². The van der Waals surface area contributed by atoms with Gasteiger partial charge in [0.1, 0.15) is 19.8 Å². The Morgan fingerprint density at radius 1 is 1.08 bits per heavy atom. The molecule has 1 nitrogen and oxygen atoms in total. The Morgan fingerprint density at radius 2 is 1.77 bits per heavy atom. The first-order valence-corrected chi connectivity index (χ1v) is 5.64. The van der Waals surface area contributed by atoms with Crippen LogP contribution in [0.2, 0.25) is 0 Å². The quantitative estimate of drug-likeness (QED) is 0.506. The molecule has 0 saturated carbocycles. The van der Waals surface area contributed by atoms with E-state index in [1.165, 1.54) is 45.1 Å². The molecule has 0 bridgehead atoms. The number of nitrogens with zero attached hydrogens (tertiary/aromatic N) is 1. The molecule has 0 aromatic rings. The molecule has 13 heavy (non-hydrogen) atoms. The molecule has 0 unspecified atom stereocenters. The van der Waals surface area contributed by atoms with Crippen molar-refractivity contribution in [2.75, 3.05) is 13.6 Å². The van der Waals surface area contributed by atoms with Gasteiger partial charge in [-0.3, -0.25) is 0 Å². The van der Waals surface area contributed by atoms with Crippen molar-refractivity contribution in [3.8, 4) is 0 Å². The SMILES string of the molecule is C/[N+]1=C/CC(C)(C)CCCCCC1. The van der Waals surface area contributed by atoms with Crippen LogP contribution in [0, 0.1) is 5.41 Å². The molecule has 1 aliphatic rings. The van der Waals surface area contributed by atoms with Crippen molar-refractivity contribution < 1.29 is 4.58 Å². The molecule has 0 atom stereocenters. The van der Waals surface area contributed by atoms with E-state index in [1.54, 1.807) is 0 Å². The van der Waals surface area contributed by atoms with Crippen molar-refractivity contribution >= 4 is 6.21 Å². The predicted molar refractivity (Wildman–Crippen MR) is 58.6 cm³/mol. The van der Waals surface area contributed by atoms with E-state index >= 15 is 0 Å². The van der Waals surface area contributed by atoms with Crippen molar-refractivity contribution in [3.63, 3.8) is 0 Å². The third-order valence-electron chi connectivity index (χ3n) is 3.07. The first kappa shape index (κ1) is 10.7. The van der Waals surface area contributed by atoms with Crippen LogP contribution >= 0.6 is 0 Å². The fraction of sp³-hybridized carbons (Fsp3) is 0.917. The predicted octanol–water partition coefficient (Wildman–Crippen LogP) is 3.08. The third kappa shape index (κ3) is 4.44. The summed E-state index contributed by atoms with van der Waals surface area (Å²) < 4.78 is 2.37. The van der Waals surface area contributed by atoms with Gasteiger partial charge >= 0.3 is 0 Å². The van der Waals surface area contributed by atoms with Crippen LogP contribution < -0.4 is 0 Å². The highest BCUT2D eigenvalue weighted by molar-refractivity contribution is 5.52. The first-order chi connectivity index (χ1) is 6.10. The molecule has 0 spiro atoms.